The molecule has 0 amide bonds. The van der Waals surface area contributed by atoms with Gasteiger partial charge in [0.2, 0.25) is 0 Å². The standard InChI is InChI=1S/C14H30O2S/c1-11(2)15-17(6,12(3)4)16-14-9-7-8-13(5)10-14/h11-14H,7-10H2,1-6H3. The second kappa shape index (κ2) is 6.44. The van der Waals surface area contributed by atoms with E-state index in [0.29, 0.717) is 11.4 Å². The minimum Gasteiger partial charge on any atom is -0.282 e. The Labute approximate surface area is 109 Å². The molecule has 3 unspecified atom stereocenters. The average molecular weight is 262 g/mol. The van der Waals surface area contributed by atoms with Gasteiger partial charge in [0.25, 0.3) is 0 Å². The van der Waals surface area contributed by atoms with Crippen molar-refractivity contribution in [3.8, 4) is 0 Å². The molecule has 1 saturated carbocycles. The van der Waals surface area contributed by atoms with Crippen LogP contribution in [0.15, 0.2) is 0 Å². The van der Waals surface area contributed by atoms with Gasteiger partial charge >= 0.3 is 0 Å². The molecule has 104 valence electrons. The van der Waals surface area contributed by atoms with Crippen molar-refractivity contribution in [3.63, 3.8) is 0 Å². The first-order valence-electron chi connectivity index (χ1n) is 6.97. The molecule has 1 fully saturated rings. The third-order valence-electron chi connectivity index (χ3n) is 3.46. The quantitative estimate of drug-likeness (QED) is 0.716. The normalized spacial score (nSPS) is 31.5. The second-order valence-electron chi connectivity index (χ2n) is 6.01. The summed E-state index contributed by atoms with van der Waals surface area (Å²) in [6.07, 6.45) is 7.92. The molecule has 3 heteroatoms. The lowest BCUT2D eigenvalue weighted by Gasteiger charge is -2.47. The van der Waals surface area contributed by atoms with Crippen LogP contribution >= 0.6 is 10.6 Å². The third-order valence-corrected chi connectivity index (χ3v) is 6.59. The van der Waals surface area contributed by atoms with Gasteiger partial charge in [-0.15, -0.1) is 0 Å². The van der Waals surface area contributed by atoms with Gasteiger partial charge in [0.1, 0.15) is 0 Å². The summed E-state index contributed by atoms with van der Waals surface area (Å²) in [7, 11) is -1.38. The highest BCUT2D eigenvalue weighted by atomic mass is 32.3. The molecule has 0 saturated heterocycles. The Morgan fingerprint density at radius 3 is 2.24 bits per heavy atom. The van der Waals surface area contributed by atoms with E-state index < -0.39 is 10.6 Å². The van der Waals surface area contributed by atoms with Crippen molar-refractivity contribution in [3.05, 3.63) is 0 Å². The Balaban J connectivity index is 2.59. The fourth-order valence-electron chi connectivity index (χ4n) is 2.36. The van der Waals surface area contributed by atoms with Crippen molar-refractivity contribution in [1.29, 1.82) is 0 Å². The third kappa shape index (κ3) is 4.80. The fraction of sp³-hybridized carbons (Fsp3) is 1.00. The van der Waals surface area contributed by atoms with Gasteiger partial charge in [0.05, 0.1) is 12.2 Å². The van der Waals surface area contributed by atoms with Crippen LogP contribution in [0.2, 0.25) is 0 Å². The van der Waals surface area contributed by atoms with Crippen molar-refractivity contribution >= 4 is 10.6 Å². The number of rotatable bonds is 5. The van der Waals surface area contributed by atoms with Crippen LogP contribution in [0.3, 0.4) is 0 Å². The maximum Gasteiger partial charge on any atom is 0.0824 e. The fourth-order valence-corrected chi connectivity index (χ4v) is 4.33. The maximum atomic E-state index is 6.38. The van der Waals surface area contributed by atoms with Crippen molar-refractivity contribution in [2.45, 2.75) is 77.8 Å². The van der Waals surface area contributed by atoms with E-state index in [-0.39, 0.29) is 6.10 Å². The van der Waals surface area contributed by atoms with Gasteiger partial charge in [-0.1, -0.05) is 19.8 Å². The number of hydrogen-bond acceptors (Lipinski definition) is 2. The molecule has 0 aromatic heterocycles. The number of hydrogen-bond donors (Lipinski definition) is 0. The maximum absolute atomic E-state index is 6.38. The Morgan fingerprint density at radius 2 is 1.76 bits per heavy atom. The lowest BCUT2D eigenvalue weighted by atomic mass is 9.89. The van der Waals surface area contributed by atoms with Crippen molar-refractivity contribution < 1.29 is 8.37 Å². The molecular weight excluding hydrogens is 232 g/mol. The van der Waals surface area contributed by atoms with E-state index in [4.69, 9.17) is 8.37 Å². The summed E-state index contributed by atoms with van der Waals surface area (Å²) in [5.41, 5.74) is 0. The first kappa shape index (κ1) is 15.3. The lowest BCUT2D eigenvalue weighted by molar-refractivity contribution is 0.114. The summed E-state index contributed by atoms with van der Waals surface area (Å²) in [5.74, 6) is 0.809. The molecule has 0 bridgehead atoms. The highest BCUT2D eigenvalue weighted by molar-refractivity contribution is 8.25. The van der Waals surface area contributed by atoms with Gasteiger partial charge in [-0.25, -0.2) is 0 Å². The molecule has 0 aromatic carbocycles. The molecule has 0 aliphatic heterocycles. The van der Waals surface area contributed by atoms with Gasteiger partial charge in [-0.3, -0.25) is 8.37 Å². The van der Waals surface area contributed by atoms with E-state index in [1.165, 1.54) is 25.7 Å². The molecule has 0 aromatic rings. The first-order valence-corrected chi connectivity index (χ1v) is 8.92. The zero-order valence-electron chi connectivity index (χ0n) is 12.4. The predicted octanol–water partition coefficient (Wildman–Crippen LogP) is 4.68. The van der Waals surface area contributed by atoms with Crippen LogP contribution in [0.4, 0.5) is 0 Å². The molecule has 1 aliphatic rings. The van der Waals surface area contributed by atoms with E-state index in [0.717, 1.165) is 5.92 Å². The van der Waals surface area contributed by atoms with E-state index >= 15 is 0 Å². The molecule has 0 radical (unpaired) electrons. The van der Waals surface area contributed by atoms with Gasteiger partial charge in [-0.2, -0.15) is 10.6 Å². The van der Waals surface area contributed by atoms with Gasteiger partial charge in [-0.05, 0) is 46.5 Å². The SMILES string of the molecule is CC1CCCC(OS(C)(OC(C)C)C(C)C)C1. The summed E-state index contributed by atoms with van der Waals surface area (Å²) in [6.45, 7) is 11.0. The smallest absolute Gasteiger partial charge is 0.0824 e. The van der Waals surface area contributed by atoms with Crippen LogP contribution in [-0.2, 0) is 8.37 Å². The molecule has 1 rings (SSSR count). The van der Waals surface area contributed by atoms with Crippen LogP contribution < -0.4 is 0 Å². The molecule has 0 heterocycles. The molecule has 17 heavy (non-hydrogen) atoms. The van der Waals surface area contributed by atoms with Crippen molar-refractivity contribution in [2.75, 3.05) is 6.26 Å². The lowest BCUT2D eigenvalue weighted by Crippen LogP contribution is -2.28. The van der Waals surface area contributed by atoms with Crippen LogP contribution in [-0.4, -0.2) is 23.7 Å². The van der Waals surface area contributed by atoms with E-state index in [2.05, 4.69) is 40.9 Å². The zero-order valence-corrected chi connectivity index (χ0v) is 13.2. The summed E-state index contributed by atoms with van der Waals surface area (Å²) in [5, 5.41) is 0.460. The van der Waals surface area contributed by atoms with E-state index in [1.54, 1.807) is 0 Å². The molecule has 3 atom stereocenters. The molecule has 0 spiro atoms. The monoisotopic (exact) mass is 262 g/mol. The Kier molecular flexibility index (Phi) is 5.81. The average Bonchev–Trinajstić information content (AvgIpc) is 2.15. The van der Waals surface area contributed by atoms with Gasteiger partial charge < -0.3 is 0 Å². The Hall–Kier alpha value is 0.270. The Bertz CT molecular complexity index is 230. The minimum atomic E-state index is -1.38. The Morgan fingerprint density at radius 1 is 1.12 bits per heavy atom. The second-order valence-corrected chi connectivity index (χ2v) is 9.00. The zero-order chi connectivity index (χ0) is 13.1. The summed E-state index contributed by atoms with van der Waals surface area (Å²) < 4.78 is 12.5. The summed E-state index contributed by atoms with van der Waals surface area (Å²) >= 11 is 0. The minimum absolute atomic E-state index is 0.249. The largest absolute Gasteiger partial charge is 0.282 e. The topological polar surface area (TPSA) is 18.5 Å². The van der Waals surface area contributed by atoms with Crippen LogP contribution in [0.5, 0.6) is 0 Å². The summed E-state index contributed by atoms with van der Waals surface area (Å²) in [6, 6.07) is 0. The van der Waals surface area contributed by atoms with E-state index in [9.17, 15) is 0 Å². The van der Waals surface area contributed by atoms with Crippen LogP contribution in [0.25, 0.3) is 0 Å². The van der Waals surface area contributed by atoms with Crippen LogP contribution in [0.1, 0.15) is 60.3 Å². The molecule has 1 aliphatic carbocycles. The van der Waals surface area contributed by atoms with Gasteiger partial charge in [0.15, 0.2) is 0 Å². The highest BCUT2D eigenvalue weighted by Gasteiger charge is 2.28. The first-order chi connectivity index (χ1) is 7.83. The summed E-state index contributed by atoms with van der Waals surface area (Å²) in [4.78, 5) is 0. The molecular formula is C14H30O2S. The molecule has 0 N–H and O–H groups in total. The van der Waals surface area contributed by atoms with Gasteiger partial charge in [0, 0.05) is 11.5 Å². The predicted molar refractivity (Wildman–Crippen MR) is 77.4 cm³/mol. The highest BCUT2D eigenvalue weighted by Crippen LogP contribution is 2.54. The van der Waals surface area contributed by atoms with Crippen molar-refractivity contribution in [1.82, 2.24) is 0 Å². The van der Waals surface area contributed by atoms with Crippen molar-refractivity contribution in [2.24, 2.45) is 5.92 Å². The van der Waals surface area contributed by atoms with E-state index in [1.807, 2.05) is 0 Å². The van der Waals surface area contributed by atoms with Crippen LogP contribution in [0, 0.1) is 5.92 Å². The molecule has 2 nitrogen and oxygen atoms in total.